The predicted molar refractivity (Wildman–Crippen MR) is 133 cm³/mol. The third kappa shape index (κ3) is 4.71. The van der Waals surface area contributed by atoms with Crippen LogP contribution < -0.4 is 15.0 Å². The maximum Gasteiger partial charge on any atom is 0.297 e. The summed E-state index contributed by atoms with van der Waals surface area (Å²) in [5.41, 5.74) is 2.69. The zero-order chi connectivity index (χ0) is 25.1. The highest BCUT2D eigenvalue weighted by molar-refractivity contribution is 5.74. The van der Waals surface area contributed by atoms with E-state index in [0.29, 0.717) is 48.2 Å². The van der Waals surface area contributed by atoms with Crippen LogP contribution >= 0.6 is 0 Å². The van der Waals surface area contributed by atoms with E-state index >= 15 is 0 Å². The number of fused-ring (bicyclic) bond motifs is 3. The Morgan fingerprint density at radius 3 is 2.51 bits per heavy atom. The second-order valence-electron chi connectivity index (χ2n) is 9.09. The van der Waals surface area contributed by atoms with E-state index in [1.54, 1.807) is 7.11 Å². The van der Waals surface area contributed by atoms with Gasteiger partial charge in [-0.05, 0) is 35.4 Å². The summed E-state index contributed by atoms with van der Waals surface area (Å²) in [6.07, 6.45) is 1.29. The molecular formula is C27H32N2O6. The molecule has 2 heterocycles. The molecule has 0 saturated carbocycles. The van der Waals surface area contributed by atoms with E-state index in [1.807, 2.05) is 36.4 Å². The highest BCUT2D eigenvalue weighted by Crippen LogP contribution is 2.49. The zero-order valence-corrected chi connectivity index (χ0v) is 20.6. The van der Waals surface area contributed by atoms with Crippen molar-refractivity contribution in [1.29, 1.82) is 0 Å². The molecular weight excluding hydrogens is 448 g/mol. The summed E-state index contributed by atoms with van der Waals surface area (Å²) in [4.78, 5) is 18.0. The Labute approximate surface area is 204 Å². The number of hydrogen-bond acceptors (Lipinski definition) is 7. The minimum atomic E-state index is -0.666. The van der Waals surface area contributed by atoms with Gasteiger partial charge in [0.05, 0.1) is 31.6 Å². The smallest absolute Gasteiger partial charge is 0.297 e. The number of hydrogen-bond donors (Lipinski definition) is 2. The zero-order valence-electron chi connectivity index (χ0n) is 20.6. The van der Waals surface area contributed by atoms with Crippen LogP contribution in [0.2, 0.25) is 0 Å². The molecule has 1 aliphatic rings. The van der Waals surface area contributed by atoms with E-state index < -0.39 is 11.3 Å². The molecule has 0 radical (unpaired) electrons. The molecule has 186 valence electrons. The molecule has 3 aromatic rings. The number of ether oxygens (including phenoxy) is 3. The normalized spacial score (nSPS) is 14.5. The monoisotopic (exact) mass is 480 g/mol. The van der Waals surface area contributed by atoms with Gasteiger partial charge in [0.2, 0.25) is 5.75 Å². The van der Waals surface area contributed by atoms with Gasteiger partial charge in [-0.15, -0.1) is 0 Å². The summed E-state index contributed by atoms with van der Waals surface area (Å²) in [5.74, 6) is -0.210. The van der Waals surface area contributed by atoms with Crippen LogP contribution in [-0.4, -0.2) is 47.2 Å². The van der Waals surface area contributed by atoms with E-state index in [4.69, 9.17) is 19.2 Å². The topological polar surface area (TPSA) is 103 Å². The summed E-state index contributed by atoms with van der Waals surface area (Å²) in [5, 5.41) is 21.5. The van der Waals surface area contributed by atoms with Crippen molar-refractivity contribution in [2.75, 3.05) is 27.4 Å². The highest BCUT2D eigenvalue weighted by atomic mass is 16.5. The van der Waals surface area contributed by atoms with Gasteiger partial charge in [-0.25, -0.2) is 4.98 Å². The van der Waals surface area contributed by atoms with E-state index in [1.165, 1.54) is 11.7 Å². The Hall–Kier alpha value is -3.52. The number of methoxy groups -OCH3 is 2. The van der Waals surface area contributed by atoms with Gasteiger partial charge in [-0.1, -0.05) is 44.2 Å². The van der Waals surface area contributed by atoms with Crippen molar-refractivity contribution in [3.8, 4) is 34.5 Å². The van der Waals surface area contributed by atoms with Crippen LogP contribution in [0.3, 0.4) is 0 Å². The van der Waals surface area contributed by atoms with Gasteiger partial charge in [0.25, 0.3) is 11.4 Å². The lowest BCUT2D eigenvalue weighted by Gasteiger charge is -2.33. The summed E-state index contributed by atoms with van der Waals surface area (Å²) in [6.45, 7) is 5.36. The number of aromatic nitrogens is 2. The summed E-state index contributed by atoms with van der Waals surface area (Å²) < 4.78 is 18.1. The molecule has 8 nitrogen and oxygen atoms in total. The number of benzene rings is 1. The standard InChI is InChI=1S/C27H32N2O6/c1-16(2)19-13-18-14-20(35-12-8-11-33-3)26(34-4)28-22(18)23-21(19)24(30)25(31)27(32)29(23)15-17-9-6-5-7-10-17/h5-7,9-10,14,16,19,30-31H,8,11-13,15H2,1-4H3. The Morgan fingerprint density at radius 2 is 1.86 bits per heavy atom. The summed E-state index contributed by atoms with van der Waals surface area (Å²) in [6, 6.07) is 11.4. The van der Waals surface area contributed by atoms with Crippen molar-refractivity contribution in [1.82, 2.24) is 9.55 Å². The molecule has 1 atom stereocenters. The number of pyridine rings is 2. The second-order valence-corrected chi connectivity index (χ2v) is 9.09. The van der Waals surface area contributed by atoms with E-state index in [9.17, 15) is 15.0 Å². The van der Waals surface area contributed by atoms with E-state index in [2.05, 4.69) is 13.8 Å². The van der Waals surface area contributed by atoms with Crippen molar-refractivity contribution < 1.29 is 24.4 Å². The van der Waals surface area contributed by atoms with Crippen LogP contribution in [0.4, 0.5) is 0 Å². The van der Waals surface area contributed by atoms with Crippen molar-refractivity contribution in [2.45, 2.75) is 39.2 Å². The molecule has 0 amide bonds. The van der Waals surface area contributed by atoms with Gasteiger partial charge in [-0.2, -0.15) is 0 Å². The number of rotatable bonds is 9. The summed E-state index contributed by atoms with van der Waals surface area (Å²) in [7, 11) is 3.16. The largest absolute Gasteiger partial charge is 0.504 e. The van der Waals surface area contributed by atoms with Gasteiger partial charge in [0, 0.05) is 25.7 Å². The third-order valence-corrected chi connectivity index (χ3v) is 6.45. The Balaban J connectivity index is 1.93. The molecule has 0 fully saturated rings. The van der Waals surface area contributed by atoms with Crippen molar-refractivity contribution in [3.05, 3.63) is 63.4 Å². The average molecular weight is 481 g/mol. The molecule has 1 aliphatic carbocycles. The first-order chi connectivity index (χ1) is 16.9. The van der Waals surface area contributed by atoms with Crippen molar-refractivity contribution >= 4 is 0 Å². The molecule has 0 saturated heterocycles. The lowest BCUT2D eigenvalue weighted by atomic mass is 9.76. The molecule has 1 aromatic carbocycles. The Kier molecular flexibility index (Phi) is 7.31. The van der Waals surface area contributed by atoms with Gasteiger partial charge >= 0.3 is 0 Å². The molecule has 0 aliphatic heterocycles. The number of nitrogens with zero attached hydrogens (tertiary/aromatic N) is 2. The first kappa shape index (κ1) is 24.6. The van der Waals surface area contributed by atoms with Crippen LogP contribution in [0.25, 0.3) is 11.4 Å². The molecule has 35 heavy (non-hydrogen) atoms. The minimum Gasteiger partial charge on any atom is -0.504 e. The lowest BCUT2D eigenvalue weighted by Crippen LogP contribution is -2.29. The van der Waals surface area contributed by atoms with Crippen LogP contribution in [0.15, 0.2) is 41.2 Å². The van der Waals surface area contributed by atoms with Crippen molar-refractivity contribution in [2.24, 2.45) is 5.92 Å². The fraction of sp³-hybridized carbons (Fsp3) is 0.407. The lowest BCUT2D eigenvalue weighted by molar-refractivity contribution is 0.170. The molecule has 8 heteroatoms. The van der Waals surface area contributed by atoms with Crippen molar-refractivity contribution in [3.63, 3.8) is 0 Å². The van der Waals surface area contributed by atoms with Crippen LogP contribution in [0.5, 0.6) is 23.1 Å². The fourth-order valence-electron chi connectivity index (χ4n) is 4.66. The fourth-order valence-corrected chi connectivity index (χ4v) is 4.66. The summed E-state index contributed by atoms with van der Waals surface area (Å²) >= 11 is 0. The van der Waals surface area contributed by atoms with E-state index in [-0.39, 0.29) is 24.1 Å². The first-order valence-corrected chi connectivity index (χ1v) is 11.8. The van der Waals surface area contributed by atoms with Gasteiger partial charge in [0.1, 0.15) is 0 Å². The highest BCUT2D eigenvalue weighted by Gasteiger charge is 2.36. The predicted octanol–water partition coefficient (Wildman–Crippen LogP) is 4.09. The van der Waals surface area contributed by atoms with Crippen LogP contribution in [0.1, 0.15) is 42.9 Å². The van der Waals surface area contributed by atoms with Gasteiger partial charge in [0.15, 0.2) is 11.5 Å². The van der Waals surface area contributed by atoms with Gasteiger partial charge in [-0.3, -0.25) is 9.36 Å². The minimum absolute atomic E-state index is 0.128. The quantitative estimate of drug-likeness (QED) is 0.445. The third-order valence-electron chi connectivity index (χ3n) is 6.45. The SMILES string of the molecule is COCCCOc1cc2c(nc1OC)-c1c(c(O)c(O)c(=O)n1Cc1ccccc1)C(C(C)C)C2. The molecule has 4 rings (SSSR count). The molecule has 1 unspecified atom stereocenters. The number of aromatic hydroxyl groups is 2. The molecule has 0 bridgehead atoms. The first-order valence-electron chi connectivity index (χ1n) is 11.8. The Morgan fingerprint density at radius 1 is 1.11 bits per heavy atom. The second kappa shape index (κ2) is 10.4. The molecule has 2 aromatic heterocycles. The maximum absolute atomic E-state index is 13.2. The maximum atomic E-state index is 13.2. The Bertz CT molecular complexity index is 1250. The van der Waals surface area contributed by atoms with Crippen LogP contribution in [0, 0.1) is 5.92 Å². The van der Waals surface area contributed by atoms with Crippen LogP contribution in [-0.2, 0) is 17.7 Å². The van der Waals surface area contributed by atoms with E-state index in [0.717, 1.165) is 17.5 Å². The average Bonchev–Trinajstić information content (AvgIpc) is 2.86. The molecule has 0 spiro atoms. The van der Waals surface area contributed by atoms with Gasteiger partial charge < -0.3 is 24.4 Å². The molecule has 2 N–H and O–H groups in total.